The third kappa shape index (κ3) is 4.23. The Balaban J connectivity index is 1.32. The van der Waals surface area contributed by atoms with E-state index in [0.717, 1.165) is 11.3 Å². The molecular formula is C20H22N6O3S. The summed E-state index contributed by atoms with van der Waals surface area (Å²) in [5.41, 5.74) is 3.21. The van der Waals surface area contributed by atoms with Crippen LogP contribution in [0.25, 0.3) is 5.69 Å². The van der Waals surface area contributed by atoms with Crippen LogP contribution >= 0.6 is 11.8 Å². The normalized spacial score (nSPS) is 14.2. The largest absolute Gasteiger partial charge is 0.459 e. The van der Waals surface area contributed by atoms with E-state index in [-0.39, 0.29) is 17.6 Å². The molecule has 0 radical (unpaired) electrons. The minimum atomic E-state index is -0.144. The van der Waals surface area contributed by atoms with Crippen molar-refractivity contribution in [1.82, 2.24) is 30.0 Å². The fourth-order valence-electron chi connectivity index (χ4n) is 3.22. The van der Waals surface area contributed by atoms with Crippen molar-refractivity contribution in [3.05, 3.63) is 53.5 Å². The molecule has 1 aliphatic rings. The summed E-state index contributed by atoms with van der Waals surface area (Å²) in [6.45, 7) is 6.04. The van der Waals surface area contributed by atoms with Crippen LogP contribution < -0.4 is 0 Å². The van der Waals surface area contributed by atoms with Gasteiger partial charge < -0.3 is 14.2 Å². The number of carbonyl (C=O) groups is 2. The number of aromatic nitrogens is 4. The van der Waals surface area contributed by atoms with E-state index < -0.39 is 0 Å². The lowest BCUT2D eigenvalue weighted by molar-refractivity contribution is -0.129. The molecule has 3 aromatic rings. The average Bonchev–Trinajstić information content (AvgIpc) is 3.46. The van der Waals surface area contributed by atoms with Crippen LogP contribution in [-0.2, 0) is 4.79 Å². The predicted octanol–water partition coefficient (Wildman–Crippen LogP) is 1.95. The van der Waals surface area contributed by atoms with Crippen molar-refractivity contribution < 1.29 is 14.0 Å². The van der Waals surface area contributed by atoms with Gasteiger partial charge in [0.1, 0.15) is 0 Å². The first-order valence-corrected chi connectivity index (χ1v) is 10.6. The molecule has 0 N–H and O–H groups in total. The fraction of sp³-hybridized carbons (Fsp3) is 0.350. The van der Waals surface area contributed by atoms with E-state index in [1.54, 1.807) is 26.6 Å². The van der Waals surface area contributed by atoms with Gasteiger partial charge in [-0.1, -0.05) is 17.8 Å². The number of hydrogen-bond acceptors (Lipinski definition) is 7. The minimum absolute atomic E-state index is 0.000246. The zero-order chi connectivity index (χ0) is 21.1. The van der Waals surface area contributed by atoms with E-state index in [2.05, 4.69) is 22.4 Å². The second kappa shape index (κ2) is 8.70. The number of furan rings is 1. The van der Waals surface area contributed by atoms with Gasteiger partial charge >= 0.3 is 0 Å². The summed E-state index contributed by atoms with van der Waals surface area (Å²) in [4.78, 5) is 28.5. The van der Waals surface area contributed by atoms with Crippen LogP contribution in [0.1, 0.15) is 21.7 Å². The molecular weight excluding hydrogens is 404 g/mol. The molecule has 2 aromatic heterocycles. The smallest absolute Gasteiger partial charge is 0.289 e. The van der Waals surface area contributed by atoms with Gasteiger partial charge in [0, 0.05) is 26.2 Å². The summed E-state index contributed by atoms with van der Waals surface area (Å²) < 4.78 is 6.81. The molecule has 1 aromatic carbocycles. The van der Waals surface area contributed by atoms with Gasteiger partial charge in [0.15, 0.2) is 5.76 Å². The van der Waals surface area contributed by atoms with E-state index in [1.807, 2.05) is 25.1 Å². The number of thioether (sulfide) groups is 1. The van der Waals surface area contributed by atoms with Gasteiger partial charge in [-0.3, -0.25) is 9.59 Å². The Labute approximate surface area is 178 Å². The molecule has 156 valence electrons. The maximum absolute atomic E-state index is 12.7. The number of tetrazole rings is 1. The summed E-state index contributed by atoms with van der Waals surface area (Å²) in [5.74, 6) is 0.412. The first-order chi connectivity index (χ1) is 14.5. The number of hydrogen-bond donors (Lipinski definition) is 0. The van der Waals surface area contributed by atoms with Crippen molar-refractivity contribution in [2.24, 2.45) is 0 Å². The molecule has 30 heavy (non-hydrogen) atoms. The lowest BCUT2D eigenvalue weighted by Crippen LogP contribution is -2.51. The topological polar surface area (TPSA) is 97.4 Å². The van der Waals surface area contributed by atoms with Gasteiger partial charge in [-0.25, -0.2) is 0 Å². The lowest BCUT2D eigenvalue weighted by Gasteiger charge is -2.34. The van der Waals surface area contributed by atoms with E-state index in [1.165, 1.54) is 23.6 Å². The number of piperazine rings is 1. The maximum Gasteiger partial charge on any atom is 0.289 e. The molecule has 0 unspecified atom stereocenters. The molecule has 3 heterocycles. The second-order valence-electron chi connectivity index (χ2n) is 7.08. The molecule has 10 heteroatoms. The molecule has 1 saturated heterocycles. The molecule has 9 nitrogen and oxygen atoms in total. The molecule has 1 fully saturated rings. The quantitative estimate of drug-likeness (QED) is 0.575. The Morgan fingerprint density at radius 3 is 2.53 bits per heavy atom. The number of nitrogens with zero attached hydrogens (tertiary/aromatic N) is 6. The third-order valence-corrected chi connectivity index (χ3v) is 6.06. The van der Waals surface area contributed by atoms with Crippen LogP contribution in [0.4, 0.5) is 0 Å². The Morgan fingerprint density at radius 1 is 1.07 bits per heavy atom. The first kappa shape index (κ1) is 20.1. The van der Waals surface area contributed by atoms with E-state index >= 15 is 0 Å². The summed E-state index contributed by atoms with van der Waals surface area (Å²) in [6.07, 6.45) is 1.48. The number of rotatable bonds is 5. The monoisotopic (exact) mass is 426 g/mol. The molecule has 0 aliphatic carbocycles. The number of carbonyl (C=O) groups excluding carboxylic acids is 2. The van der Waals surface area contributed by atoms with Gasteiger partial charge in [0.2, 0.25) is 11.1 Å². The molecule has 0 bridgehead atoms. The predicted molar refractivity (Wildman–Crippen MR) is 111 cm³/mol. The van der Waals surface area contributed by atoms with Crippen molar-refractivity contribution in [1.29, 1.82) is 0 Å². The minimum Gasteiger partial charge on any atom is -0.459 e. The Hall–Kier alpha value is -3.14. The number of benzene rings is 1. The van der Waals surface area contributed by atoms with E-state index in [9.17, 15) is 9.59 Å². The molecule has 0 saturated carbocycles. The Bertz CT molecular complexity index is 1040. The standard InChI is InChI=1S/C20H22N6O3S/c1-14-5-6-16(12-15(14)2)26-20(21-22-23-26)30-13-18(27)24-7-9-25(10-8-24)19(28)17-4-3-11-29-17/h3-6,11-12H,7-10,13H2,1-2H3. The zero-order valence-electron chi connectivity index (χ0n) is 16.8. The Morgan fingerprint density at radius 2 is 1.83 bits per heavy atom. The average molecular weight is 427 g/mol. The van der Waals surface area contributed by atoms with Crippen LogP contribution in [-0.4, -0.2) is 73.8 Å². The summed E-state index contributed by atoms with van der Waals surface area (Å²) in [5, 5.41) is 12.4. The van der Waals surface area contributed by atoms with Gasteiger partial charge in [0.05, 0.1) is 17.7 Å². The molecule has 1 aliphatic heterocycles. The summed E-state index contributed by atoms with van der Waals surface area (Å²) >= 11 is 1.31. The van der Waals surface area contributed by atoms with E-state index in [4.69, 9.17) is 4.42 Å². The van der Waals surface area contributed by atoms with Crippen molar-refractivity contribution >= 4 is 23.6 Å². The van der Waals surface area contributed by atoms with Gasteiger partial charge in [-0.15, -0.1) is 5.10 Å². The van der Waals surface area contributed by atoms with Crippen LogP contribution in [0.15, 0.2) is 46.2 Å². The molecule has 2 amide bonds. The Kier molecular flexibility index (Phi) is 5.84. The van der Waals surface area contributed by atoms with Crippen molar-refractivity contribution in [3.8, 4) is 5.69 Å². The van der Waals surface area contributed by atoms with Crippen molar-refractivity contribution in [3.63, 3.8) is 0 Å². The SMILES string of the molecule is Cc1ccc(-n2nnnc2SCC(=O)N2CCN(C(=O)c3ccco3)CC2)cc1C. The number of amides is 2. The van der Waals surface area contributed by atoms with Crippen LogP contribution in [0.2, 0.25) is 0 Å². The highest BCUT2D eigenvalue weighted by Gasteiger charge is 2.26. The van der Waals surface area contributed by atoms with E-state index in [0.29, 0.717) is 37.1 Å². The maximum atomic E-state index is 12.7. The number of aryl methyl sites for hydroxylation is 2. The highest BCUT2D eigenvalue weighted by molar-refractivity contribution is 7.99. The van der Waals surface area contributed by atoms with Gasteiger partial charge in [-0.2, -0.15) is 4.68 Å². The highest BCUT2D eigenvalue weighted by atomic mass is 32.2. The van der Waals surface area contributed by atoms with Gasteiger partial charge in [-0.05, 0) is 59.7 Å². The highest BCUT2D eigenvalue weighted by Crippen LogP contribution is 2.21. The summed E-state index contributed by atoms with van der Waals surface area (Å²) in [7, 11) is 0. The molecule has 4 rings (SSSR count). The zero-order valence-corrected chi connectivity index (χ0v) is 17.6. The molecule has 0 spiro atoms. The lowest BCUT2D eigenvalue weighted by atomic mass is 10.1. The van der Waals surface area contributed by atoms with Crippen LogP contribution in [0.5, 0.6) is 0 Å². The third-order valence-electron chi connectivity index (χ3n) is 5.15. The second-order valence-corrected chi connectivity index (χ2v) is 8.02. The fourth-order valence-corrected chi connectivity index (χ4v) is 4.01. The summed E-state index contributed by atoms with van der Waals surface area (Å²) in [6, 6.07) is 9.34. The first-order valence-electron chi connectivity index (χ1n) is 9.62. The van der Waals surface area contributed by atoms with Crippen molar-refractivity contribution in [2.75, 3.05) is 31.9 Å². The van der Waals surface area contributed by atoms with Crippen molar-refractivity contribution in [2.45, 2.75) is 19.0 Å². The van der Waals surface area contributed by atoms with Crippen LogP contribution in [0.3, 0.4) is 0 Å². The van der Waals surface area contributed by atoms with Crippen LogP contribution in [0, 0.1) is 13.8 Å². The molecule has 0 atom stereocenters. The van der Waals surface area contributed by atoms with Gasteiger partial charge in [0.25, 0.3) is 5.91 Å².